The van der Waals surface area contributed by atoms with Crippen molar-refractivity contribution in [3.63, 3.8) is 0 Å². The Hall–Kier alpha value is -1.40. The molecule has 1 aromatic heterocycles. The Morgan fingerprint density at radius 3 is 2.43 bits per heavy atom. The van der Waals surface area contributed by atoms with E-state index in [0.717, 1.165) is 15.0 Å². The molecule has 0 radical (unpaired) electrons. The molecule has 112 valence electrons. The number of anilines is 1. The molecule has 1 amide bonds. The van der Waals surface area contributed by atoms with E-state index >= 15 is 0 Å². The molecule has 0 bridgehead atoms. The van der Waals surface area contributed by atoms with Crippen LogP contribution in [0.5, 0.6) is 0 Å². The average molecular weight is 321 g/mol. The lowest BCUT2D eigenvalue weighted by atomic mass is 9.87. The summed E-state index contributed by atoms with van der Waals surface area (Å²) >= 11 is 2.91. The molecule has 2 aromatic rings. The number of benzene rings is 1. The fourth-order valence-electron chi connectivity index (χ4n) is 1.71. The highest BCUT2D eigenvalue weighted by atomic mass is 32.2. The minimum absolute atomic E-state index is 0.0311. The van der Waals surface area contributed by atoms with Crippen molar-refractivity contribution in [2.75, 3.05) is 11.1 Å². The van der Waals surface area contributed by atoms with E-state index in [4.69, 9.17) is 0 Å². The zero-order chi connectivity index (χ0) is 15.5. The third kappa shape index (κ3) is 4.82. The molecule has 1 heterocycles. The number of carbonyl (C=O) groups excluding carboxylic acids is 1. The summed E-state index contributed by atoms with van der Waals surface area (Å²) in [5, 5.41) is 11.7. The number of amides is 1. The number of thioether (sulfide) groups is 1. The second-order valence-electron chi connectivity index (χ2n) is 5.75. The third-order valence-corrected chi connectivity index (χ3v) is 4.84. The highest BCUT2D eigenvalue weighted by Crippen LogP contribution is 2.24. The Balaban J connectivity index is 1.88. The SMILES string of the molecule is Cc1nnc(SCC(=O)Nc2ccc(C(C)(C)C)cc2)s1. The lowest BCUT2D eigenvalue weighted by Gasteiger charge is -2.19. The summed E-state index contributed by atoms with van der Waals surface area (Å²) in [6.45, 7) is 8.41. The van der Waals surface area contributed by atoms with Gasteiger partial charge in [-0.15, -0.1) is 10.2 Å². The molecule has 6 heteroatoms. The highest BCUT2D eigenvalue weighted by Gasteiger charge is 2.13. The minimum Gasteiger partial charge on any atom is -0.325 e. The standard InChI is InChI=1S/C15H19N3OS2/c1-10-17-18-14(21-10)20-9-13(19)16-12-7-5-11(6-8-12)15(2,3)4/h5-8H,9H2,1-4H3,(H,16,19). The third-order valence-electron chi connectivity index (χ3n) is 2.87. The Morgan fingerprint density at radius 2 is 1.90 bits per heavy atom. The highest BCUT2D eigenvalue weighted by molar-refractivity contribution is 8.01. The van der Waals surface area contributed by atoms with Gasteiger partial charge in [0.25, 0.3) is 0 Å². The van der Waals surface area contributed by atoms with Crippen LogP contribution in [0, 0.1) is 6.92 Å². The van der Waals surface area contributed by atoms with Gasteiger partial charge in [-0.3, -0.25) is 4.79 Å². The number of nitrogens with zero attached hydrogens (tertiary/aromatic N) is 2. The largest absolute Gasteiger partial charge is 0.325 e. The molecule has 1 aromatic carbocycles. The summed E-state index contributed by atoms with van der Waals surface area (Å²) in [6.07, 6.45) is 0. The molecule has 0 fully saturated rings. The number of hydrogen-bond donors (Lipinski definition) is 1. The van der Waals surface area contributed by atoms with E-state index in [1.165, 1.54) is 28.7 Å². The number of hydrogen-bond acceptors (Lipinski definition) is 5. The fourth-order valence-corrected chi connectivity index (χ4v) is 3.33. The van der Waals surface area contributed by atoms with Crippen molar-refractivity contribution in [1.82, 2.24) is 10.2 Å². The van der Waals surface area contributed by atoms with Crippen molar-refractivity contribution < 1.29 is 4.79 Å². The van der Waals surface area contributed by atoms with Crippen molar-refractivity contribution in [2.24, 2.45) is 0 Å². The first-order valence-corrected chi connectivity index (χ1v) is 8.48. The van der Waals surface area contributed by atoms with E-state index in [2.05, 4.69) is 48.4 Å². The van der Waals surface area contributed by atoms with Crippen LogP contribution in [0.3, 0.4) is 0 Å². The predicted octanol–water partition coefficient (Wildman–Crippen LogP) is 3.87. The zero-order valence-corrected chi connectivity index (χ0v) is 14.3. The molecule has 0 aliphatic carbocycles. The van der Waals surface area contributed by atoms with Gasteiger partial charge < -0.3 is 5.32 Å². The van der Waals surface area contributed by atoms with Crippen LogP contribution >= 0.6 is 23.1 Å². The molecule has 0 aliphatic rings. The first kappa shape index (κ1) is 16.0. The van der Waals surface area contributed by atoms with Crippen molar-refractivity contribution >= 4 is 34.7 Å². The smallest absolute Gasteiger partial charge is 0.234 e. The monoisotopic (exact) mass is 321 g/mol. The number of nitrogens with one attached hydrogen (secondary N) is 1. The second kappa shape index (κ2) is 6.58. The number of aryl methyl sites for hydroxylation is 1. The Bertz CT molecular complexity index is 615. The molecular formula is C15H19N3OS2. The van der Waals surface area contributed by atoms with E-state index in [9.17, 15) is 4.79 Å². The average Bonchev–Trinajstić information content (AvgIpc) is 2.82. The van der Waals surface area contributed by atoms with Gasteiger partial charge in [-0.05, 0) is 30.0 Å². The van der Waals surface area contributed by atoms with E-state index in [-0.39, 0.29) is 11.3 Å². The quantitative estimate of drug-likeness (QED) is 0.868. The Labute approximate surface area is 133 Å². The van der Waals surface area contributed by atoms with Crippen molar-refractivity contribution in [3.8, 4) is 0 Å². The first-order valence-electron chi connectivity index (χ1n) is 6.68. The molecule has 0 saturated heterocycles. The van der Waals surface area contributed by atoms with Crippen LogP contribution < -0.4 is 5.32 Å². The van der Waals surface area contributed by atoms with Crippen LogP contribution in [-0.2, 0) is 10.2 Å². The number of rotatable bonds is 4. The molecule has 4 nitrogen and oxygen atoms in total. The molecule has 0 saturated carbocycles. The molecule has 0 aliphatic heterocycles. The van der Waals surface area contributed by atoms with Crippen molar-refractivity contribution in [2.45, 2.75) is 37.4 Å². The Kier molecular flexibility index (Phi) is 5.00. The topological polar surface area (TPSA) is 54.9 Å². The molecule has 21 heavy (non-hydrogen) atoms. The summed E-state index contributed by atoms with van der Waals surface area (Å²) in [4.78, 5) is 11.9. The zero-order valence-electron chi connectivity index (χ0n) is 12.6. The maximum absolute atomic E-state index is 11.9. The van der Waals surface area contributed by atoms with Crippen molar-refractivity contribution in [3.05, 3.63) is 34.8 Å². The van der Waals surface area contributed by atoms with Crippen LogP contribution in [0.1, 0.15) is 31.3 Å². The normalized spacial score (nSPS) is 11.4. The lowest BCUT2D eigenvalue weighted by molar-refractivity contribution is -0.113. The number of aromatic nitrogens is 2. The molecule has 1 N–H and O–H groups in total. The maximum atomic E-state index is 11.9. The van der Waals surface area contributed by atoms with Crippen molar-refractivity contribution in [1.29, 1.82) is 0 Å². The van der Waals surface area contributed by atoms with E-state index in [0.29, 0.717) is 5.75 Å². The molecule has 0 unspecified atom stereocenters. The van der Waals surface area contributed by atoms with Gasteiger partial charge in [-0.25, -0.2) is 0 Å². The van der Waals surface area contributed by atoms with E-state index < -0.39 is 0 Å². The summed E-state index contributed by atoms with van der Waals surface area (Å²) in [6, 6.07) is 7.99. The first-order chi connectivity index (χ1) is 9.84. The van der Waals surface area contributed by atoms with Gasteiger partial charge in [0, 0.05) is 5.69 Å². The summed E-state index contributed by atoms with van der Waals surface area (Å²) in [5.41, 5.74) is 2.19. The Morgan fingerprint density at radius 1 is 1.24 bits per heavy atom. The summed E-state index contributed by atoms with van der Waals surface area (Å²) in [7, 11) is 0. The minimum atomic E-state index is -0.0311. The molecular weight excluding hydrogens is 302 g/mol. The summed E-state index contributed by atoms with van der Waals surface area (Å²) < 4.78 is 0.825. The molecule has 0 spiro atoms. The van der Waals surface area contributed by atoms with Gasteiger partial charge in [0.05, 0.1) is 5.75 Å². The van der Waals surface area contributed by atoms with Gasteiger partial charge >= 0.3 is 0 Å². The van der Waals surface area contributed by atoms with Crippen LogP contribution in [0.15, 0.2) is 28.6 Å². The predicted molar refractivity (Wildman–Crippen MR) is 89.1 cm³/mol. The fraction of sp³-hybridized carbons (Fsp3) is 0.400. The van der Waals surface area contributed by atoms with Gasteiger partial charge in [-0.2, -0.15) is 0 Å². The van der Waals surface area contributed by atoms with Crippen LogP contribution in [-0.4, -0.2) is 21.9 Å². The van der Waals surface area contributed by atoms with E-state index in [1.54, 1.807) is 0 Å². The van der Waals surface area contributed by atoms with Gasteiger partial charge in [0.1, 0.15) is 5.01 Å². The maximum Gasteiger partial charge on any atom is 0.234 e. The molecule has 2 rings (SSSR count). The molecule has 0 atom stereocenters. The van der Waals surface area contributed by atoms with Crippen LogP contribution in [0.4, 0.5) is 5.69 Å². The van der Waals surface area contributed by atoms with Gasteiger partial charge in [0.15, 0.2) is 4.34 Å². The van der Waals surface area contributed by atoms with Crippen LogP contribution in [0.2, 0.25) is 0 Å². The van der Waals surface area contributed by atoms with E-state index in [1.807, 2.05) is 19.1 Å². The lowest BCUT2D eigenvalue weighted by Crippen LogP contribution is -2.15. The van der Waals surface area contributed by atoms with Gasteiger partial charge in [-0.1, -0.05) is 56.0 Å². The van der Waals surface area contributed by atoms with Crippen LogP contribution in [0.25, 0.3) is 0 Å². The number of carbonyl (C=O) groups is 1. The second-order valence-corrected chi connectivity index (χ2v) is 8.16. The summed E-state index contributed by atoms with van der Waals surface area (Å²) in [5.74, 6) is 0.312. The van der Waals surface area contributed by atoms with Gasteiger partial charge in [0.2, 0.25) is 5.91 Å².